The van der Waals surface area contributed by atoms with E-state index in [1.54, 1.807) is 17.0 Å². The summed E-state index contributed by atoms with van der Waals surface area (Å²) in [5.41, 5.74) is 3.21. The number of carbonyl (C=O) groups excluding carboxylic acids is 2. The van der Waals surface area contributed by atoms with Gasteiger partial charge in [0.25, 0.3) is 11.7 Å². The molecule has 7 heteroatoms. The molecule has 1 atom stereocenters. The number of hydrogen-bond donors (Lipinski definition) is 1. The zero-order valence-corrected chi connectivity index (χ0v) is 21.0. The molecule has 0 aliphatic carbocycles. The quantitative estimate of drug-likeness (QED) is 0.345. The number of Topliss-reactive ketones (excluding diaryl/α,β-unsaturated/α-hetero) is 1. The van der Waals surface area contributed by atoms with E-state index < -0.39 is 17.7 Å². The van der Waals surface area contributed by atoms with E-state index in [1.807, 2.05) is 82.2 Å². The van der Waals surface area contributed by atoms with Crippen LogP contribution >= 0.6 is 0 Å². The number of ether oxygens (including phenoxy) is 1. The Balaban J connectivity index is 2.10. The summed E-state index contributed by atoms with van der Waals surface area (Å²) in [5.74, 6) is -0.699. The SMILES string of the molecule is CCOc1ccc(/C(O)=C2/C(=O)C(=O)N(CCCN(C)C)C2c2ccc(N(C)C)cc2)c(C)c1. The molecule has 0 spiro atoms. The van der Waals surface area contributed by atoms with Gasteiger partial charge in [0, 0.05) is 31.9 Å². The Morgan fingerprint density at radius 1 is 1.06 bits per heavy atom. The molecule has 1 unspecified atom stereocenters. The van der Waals surface area contributed by atoms with E-state index in [1.165, 1.54) is 0 Å². The molecule has 0 aromatic heterocycles. The highest BCUT2D eigenvalue weighted by Crippen LogP contribution is 2.40. The molecule has 0 radical (unpaired) electrons. The van der Waals surface area contributed by atoms with Crippen molar-refractivity contribution in [2.45, 2.75) is 26.3 Å². The number of likely N-dealkylation sites (tertiary alicyclic amines) is 1. The van der Waals surface area contributed by atoms with Gasteiger partial charge in [0.2, 0.25) is 0 Å². The van der Waals surface area contributed by atoms with Crippen molar-refractivity contribution < 1.29 is 19.4 Å². The molecule has 0 bridgehead atoms. The summed E-state index contributed by atoms with van der Waals surface area (Å²) in [6.45, 7) is 5.50. The minimum atomic E-state index is -0.655. The lowest BCUT2D eigenvalue weighted by Crippen LogP contribution is -2.32. The van der Waals surface area contributed by atoms with Gasteiger partial charge in [-0.15, -0.1) is 0 Å². The molecule has 1 amide bonds. The molecule has 1 saturated heterocycles. The van der Waals surface area contributed by atoms with Crippen molar-refractivity contribution in [2.24, 2.45) is 0 Å². The summed E-state index contributed by atoms with van der Waals surface area (Å²) in [5, 5.41) is 11.3. The zero-order valence-electron chi connectivity index (χ0n) is 21.0. The van der Waals surface area contributed by atoms with Crippen LogP contribution in [0, 0.1) is 6.92 Å². The first kappa shape index (κ1) is 25.3. The molecular formula is C27H35N3O4. The van der Waals surface area contributed by atoms with Gasteiger partial charge in [-0.25, -0.2) is 0 Å². The van der Waals surface area contributed by atoms with Crippen molar-refractivity contribution in [1.29, 1.82) is 0 Å². The van der Waals surface area contributed by atoms with Gasteiger partial charge >= 0.3 is 0 Å². The highest BCUT2D eigenvalue weighted by molar-refractivity contribution is 6.46. The second kappa shape index (κ2) is 10.7. The Morgan fingerprint density at radius 2 is 1.74 bits per heavy atom. The number of rotatable bonds is 9. The van der Waals surface area contributed by atoms with Crippen LogP contribution in [-0.4, -0.2) is 74.5 Å². The summed E-state index contributed by atoms with van der Waals surface area (Å²) in [4.78, 5) is 31.9. The lowest BCUT2D eigenvalue weighted by Gasteiger charge is -2.26. The molecule has 1 N–H and O–H groups in total. The standard InChI is InChI=1S/C27H35N3O4/c1-7-34-21-13-14-22(18(2)17-21)25(31)23-24(19-9-11-20(12-10-19)29(5)6)30(27(33)26(23)32)16-8-15-28(3)4/h9-14,17,24,31H,7-8,15-16H2,1-6H3/b25-23-. The molecule has 1 aliphatic rings. The molecule has 2 aromatic carbocycles. The average molecular weight is 466 g/mol. The number of nitrogens with zero attached hydrogens (tertiary/aromatic N) is 3. The third kappa shape index (κ3) is 5.25. The summed E-state index contributed by atoms with van der Waals surface area (Å²) < 4.78 is 5.55. The predicted octanol–water partition coefficient (Wildman–Crippen LogP) is 3.83. The van der Waals surface area contributed by atoms with Crippen LogP contribution in [0.5, 0.6) is 5.75 Å². The van der Waals surface area contributed by atoms with Crippen molar-refractivity contribution >= 4 is 23.1 Å². The van der Waals surface area contributed by atoms with Gasteiger partial charge in [-0.05, 0) is 82.4 Å². The van der Waals surface area contributed by atoms with Crippen LogP contribution in [0.2, 0.25) is 0 Å². The van der Waals surface area contributed by atoms with Crippen LogP contribution < -0.4 is 9.64 Å². The van der Waals surface area contributed by atoms with Gasteiger partial charge in [-0.2, -0.15) is 0 Å². The minimum Gasteiger partial charge on any atom is -0.507 e. The van der Waals surface area contributed by atoms with Crippen LogP contribution in [0.15, 0.2) is 48.0 Å². The number of aryl methyl sites for hydroxylation is 1. The van der Waals surface area contributed by atoms with Crippen molar-refractivity contribution in [2.75, 3.05) is 52.8 Å². The maximum atomic E-state index is 13.2. The molecule has 182 valence electrons. The van der Waals surface area contributed by atoms with E-state index >= 15 is 0 Å². The van der Waals surface area contributed by atoms with Gasteiger partial charge in [-0.3, -0.25) is 9.59 Å². The smallest absolute Gasteiger partial charge is 0.295 e. The molecule has 1 heterocycles. The van der Waals surface area contributed by atoms with Crippen molar-refractivity contribution in [3.05, 3.63) is 64.7 Å². The highest BCUT2D eigenvalue weighted by atomic mass is 16.5. The lowest BCUT2D eigenvalue weighted by molar-refractivity contribution is -0.139. The first-order valence-corrected chi connectivity index (χ1v) is 11.6. The second-order valence-corrected chi connectivity index (χ2v) is 9.05. The molecule has 2 aromatic rings. The van der Waals surface area contributed by atoms with Gasteiger partial charge < -0.3 is 24.5 Å². The number of aliphatic hydroxyl groups is 1. The number of amides is 1. The lowest BCUT2D eigenvalue weighted by atomic mass is 9.93. The number of hydrogen-bond acceptors (Lipinski definition) is 6. The van der Waals surface area contributed by atoms with Crippen molar-refractivity contribution in [3.8, 4) is 5.75 Å². The highest BCUT2D eigenvalue weighted by Gasteiger charge is 2.45. The van der Waals surface area contributed by atoms with E-state index in [0.717, 1.165) is 23.4 Å². The fourth-order valence-electron chi connectivity index (χ4n) is 4.27. The average Bonchev–Trinajstić information content (AvgIpc) is 3.04. The molecule has 3 rings (SSSR count). The van der Waals surface area contributed by atoms with Gasteiger partial charge in [-0.1, -0.05) is 12.1 Å². The largest absolute Gasteiger partial charge is 0.507 e. The third-order valence-electron chi connectivity index (χ3n) is 6.03. The number of anilines is 1. The Morgan fingerprint density at radius 3 is 2.29 bits per heavy atom. The normalized spacial score (nSPS) is 17.5. The fourth-order valence-corrected chi connectivity index (χ4v) is 4.27. The molecule has 0 saturated carbocycles. The van der Waals surface area contributed by atoms with E-state index in [-0.39, 0.29) is 11.3 Å². The zero-order chi connectivity index (χ0) is 25.0. The summed E-state index contributed by atoms with van der Waals surface area (Å²) in [7, 11) is 7.86. The number of aliphatic hydroxyl groups excluding tert-OH is 1. The topological polar surface area (TPSA) is 73.3 Å². The van der Waals surface area contributed by atoms with Crippen molar-refractivity contribution in [3.63, 3.8) is 0 Å². The van der Waals surface area contributed by atoms with E-state index in [0.29, 0.717) is 30.9 Å². The molecule has 1 fully saturated rings. The second-order valence-electron chi connectivity index (χ2n) is 9.05. The van der Waals surface area contributed by atoms with E-state index in [9.17, 15) is 14.7 Å². The summed E-state index contributed by atoms with van der Waals surface area (Å²) >= 11 is 0. The number of benzene rings is 2. The van der Waals surface area contributed by atoms with Gasteiger partial charge in [0.1, 0.15) is 11.5 Å². The van der Waals surface area contributed by atoms with Gasteiger partial charge in [0.15, 0.2) is 0 Å². The molecule has 34 heavy (non-hydrogen) atoms. The fraction of sp³-hybridized carbons (Fsp3) is 0.407. The van der Waals surface area contributed by atoms with Crippen LogP contribution in [0.25, 0.3) is 5.76 Å². The molecule has 7 nitrogen and oxygen atoms in total. The van der Waals surface area contributed by atoms with Crippen LogP contribution in [0.1, 0.15) is 36.1 Å². The first-order chi connectivity index (χ1) is 16.1. The van der Waals surface area contributed by atoms with E-state index in [2.05, 4.69) is 0 Å². The van der Waals surface area contributed by atoms with Crippen LogP contribution in [0.3, 0.4) is 0 Å². The van der Waals surface area contributed by atoms with Crippen molar-refractivity contribution in [1.82, 2.24) is 9.80 Å². The monoisotopic (exact) mass is 465 g/mol. The minimum absolute atomic E-state index is 0.125. The summed E-state index contributed by atoms with van der Waals surface area (Å²) in [6, 6.07) is 12.4. The van der Waals surface area contributed by atoms with E-state index in [4.69, 9.17) is 4.74 Å². The Hall–Kier alpha value is -3.32. The first-order valence-electron chi connectivity index (χ1n) is 11.6. The maximum absolute atomic E-state index is 13.2. The number of carbonyl (C=O) groups is 2. The van der Waals surface area contributed by atoms with Crippen LogP contribution in [0.4, 0.5) is 5.69 Å². The third-order valence-corrected chi connectivity index (χ3v) is 6.03. The maximum Gasteiger partial charge on any atom is 0.295 e. The summed E-state index contributed by atoms with van der Waals surface area (Å²) in [6.07, 6.45) is 0.717. The number of ketones is 1. The Labute approximate surface area is 202 Å². The van der Waals surface area contributed by atoms with Crippen LogP contribution in [-0.2, 0) is 9.59 Å². The predicted molar refractivity (Wildman–Crippen MR) is 135 cm³/mol. The molecular weight excluding hydrogens is 430 g/mol. The van der Waals surface area contributed by atoms with Gasteiger partial charge in [0.05, 0.1) is 18.2 Å². The Bertz CT molecular complexity index is 1070. The molecule has 1 aliphatic heterocycles. The Kier molecular flexibility index (Phi) is 7.99.